The van der Waals surface area contributed by atoms with Crippen LogP contribution in [0.5, 0.6) is 5.75 Å². The molecule has 1 fully saturated rings. The van der Waals surface area contributed by atoms with Gasteiger partial charge in [0, 0.05) is 17.8 Å². The Morgan fingerprint density at radius 2 is 1.84 bits per heavy atom. The summed E-state index contributed by atoms with van der Waals surface area (Å²) in [7, 11) is 3.55. The summed E-state index contributed by atoms with van der Waals surface area (Å²) in [5.41, 5.74) is 0.739. The molecule has 2 heterocycles. The number of nitriles is 1. The molecule has 0 saturated carbocycles. The number of rotatable bonds is 4. The van der Waals surface area contributed by atoms with Gasteiger partial charge in [0.15, 0.2) is 17.9 Å². The first-order valence-corrected chi connectivity index (χ1v) is 10.2. The highest BCUT2D eigenvalue weighted by molar-refractivity contribution is 5.74. The molecule has 4 rings (SSSR count). The lowest BCUT2D eigenvalue weighted by molar-refractivity contribution is 0.111. The fraction of sp³-hybridized carbons (Fsp3) is 0.292. The monoisotopic (exact) mass is 438 g/mol. The van der Waals surface area contributed by atoms with Gasteiger partial charge in [-0.1, -0.05) is 6.42 Å². The van der Waals surface area contributed by atoms with Crippen LogP contribution in [0.4, 0.5) is 8.78 Å². The van der Waals surface area contributed by atoms with Crippen LogP contribution in [0.2, 0.25) is 0 Å². The molecule has 6 nitrogen and oxygen atoms in total. The van der Waals surface area contributed by atoms with Crippen LogP contribution in [0.25, 0.3) is 17.1 Å². The van der Waals surface area contributed by atoms with Crippen LogP contribution < -0.4 is 4.74 Å². The Labute approximate surface area is 185 Å². The molecular formula is C24H24F2N4O2. The first kappa shape index (κ1) is 23.1. The molecule has 0 spiro atoms. The fourth-order valence-corrected chi connectivity index (χ4v) is 3.46. The maximum atomic E-state index is 14.0. The van der Waals surface area contributed by atoms with Gasteiger partial charge in [0.1, 0.15) is 23.4 Å². The van der Waals surface area contributed by atoms with E-state index in [9.17, 15) is 13.6 Å². The summed E-state index contributed by atoms with van der Waals surface area (Å²) in [5, 5.41) is 8.82. The summed E-state index contributed by atoms with van der Waals surface area (Å²) in [6.07, 6.45) is 6.23. The maximum absolute atomic E-state index is 14.0. The van der Waals surface area contributed by atoms with Crippen LogP contribution in [-0.2, 0) is 0 Å². The fourth-order valence-electron chi connectivity index (χ4n) is 3.46. The number of halogens is 2. The second kappa shape index (κ2) is 10.6. The van der Waals surface area contributed by atoms with E-state index in [1.165, 1.54) is 74.5 Å². The zero-order valence-electron chi connectivity index (χ0n) is 18.0. The Morgan fingerprint density at radius 3 is 2.38 bits per heavy atom. The summed E-state index contributed by atoms with van der Waals surface area (Å²) in [6, 6.07) is 9.95. The van der Waals surface area contributed by atoms with Crippen LogP contribution >= 0.6 is 0 Å². The average Bonchev–Trinajstić information content (AvgIpc) is 3.24. The smallest absolute Gasteiger partial charge is 0.170 e. The van der Waals surface area contributed by atoms with Gasteiger partial charge in [0.2, 0.25) is 0 Å². The predicted octanol–water partition coefficient (Wildman–Crippen LogP) is 4.61. The zero-order chi connectivity index (χ0) is 23.1. The van der Waals surface area contributed by atoms with Crippen molar-refractivity contribution in [1.82, 2.24) is 14.5 Å². The van der Waals surface area contributed by atoms with E-state index >= 15 is 0 Å². The van der Waals surface area contributed by atoms with E-state index in [2.05, 4.69) is 16.9 Å². The quantitative estimate of drug-likeness (QED) is 0.556. The van der Waals surface area contributed by atoms with Crippen molar-refractivity contribution in [2.24, 2.45) is 0 Å². The van der Waals surface area contributed by atoms with Gasteiger partial charge in [0.25, 0.3) is 0 Å². The normalized spacial score (nSPS) is 13.6. The Bertz CT molecular complexity index is 1130. The lowest BCUT2D eigenvalue weighted by Gasteiger charge is -2.20. The van der Waals surface area contributed by atoms with Crippen molar-refractivity contribution in [1.29, 1.82) is 5.26 Å². The number of carbonyl (C=O) groups excluding carboxylic acids is 1. The molecule has 0 aliphatic carbocycles. The van der Waals surface area contributed by atoms with Gasteiger partial charge >= 0.3 is 0 Å². The molecule has 0 amide bonds. The number of hydrogen-bond acceptors (Lipinski definition) is 5. The topological polar surface area (TPSA) is 71.2 Å². The van der Waals surface area contributed by atoms with Crippen LogP contribution in [0.1, 0.15) is 35.3 Å². The summed E-state index contributed by atoms with van der Waals surface area (Å²) in [4.78, 5) is 17.6. The number of aldehydes is 1. The van der Waals surface area contributed by atoms with Gasteiger partial charge in [0.05, 0.1) is 18.4 Å². The number of ether oxygens (including phenoxy) is 1. The minimum absolute atomic E-state index is 0.0745. The van der Waals surface area contributed by atoms with Crippen molar-refractivity contribution in [3.05, 3.63) is 65.5 Å². The lowest BCUT2D eigenvalue weighted by atomic mass is 10.1. The van der Waals surface area contributed by atoms with E-state index in [4.69, 9.17) is 10.00 Å². The van der Waals surface area contributed by atoms with Crippen LogP contribution in [0.15, 0.2) is 42.6 Å². The van der Waals surface area contributed by atoms with Crippen molar-refractivity contribution in [2.75, 3.05) is 27.2 Å². The molecule has 0 atom stereocenters. The van der Waals surface area contributed by atoms with Crippen molar-refractivity contribution in [2.45, 2.75) is 19.3 Å². The molecule has 2 aromatic carbocycles. The average molecular weight is 438 g/mol. The number of aromatic nitrogens is 2. The number of nitrogens with zero attached hydrogens (tertiary/aromatic N) is 4. The van der Waals surface area contributed by atoms with Crippen LogP contribution in [0, 0.1) is 23.0 Å². The molecule has 1 saturated heterocycles. The third-order valence-corrected chi connectivity index (χ3v) is 5.19. The first-order chi connectivity index (χ1) is 15.5. The molecule has 8 heteroatoms. The molecular weight excluding hydrogens is 414 g/mol. The predicted molar refractivity (Wildman–Crippen MR) is 117 cm³/mol. The van der Waals surface area contributed by atoms with Gasteiger partial charge in [-0.25, -0.2) is 13.8 Å². The number of imidazole rings is 1. The highest BCUT2D eigenvalue weighted by atomic mass is 19.1. The standard InChI is InChI=1S/C18H11F2N3O2.C6H13N/c1-25-17-5-4-14(7-16(17)20)23-9-13(10-24)22-18(23)11-2-3-12(8-21)15(19)6-11;1-7-5-3-2-4-6-7/h2-7,9-10H,1H3;2-6H2,1H3. The minimum atomic E-state index is -0.705. The van der Waals surface area contributed by atoms with E-state index < -0.39 is 11.6 Å². The SMILES string of the molecule is CN1CCCCC1.COc1ccc(-n2cc(C=O)nc2-c2ccc(C#N)c(F)c2)cc1F. The number of hydrogen-bond donors (Lipinski definition) is 0. The summed E-state index contributed by atoms with van der Waals surface area (Å²) in [6.45, 7) is 2.64. The van der Waals surface area contributed by atoms with E-state index in [0.717, 1.165) is 6.07 Å². The van der Waals surface area contributed by atoms with E-state index in [0.29, 0.717) is 17.5 Å². The second-order valence-electron chi connectivity index (χ2n) is 7.47. The van der Waals surface area contributed by atoms with Crippen molar-refractivity contribution in [3.63, 3.8) is 0 Å². The Morgan fingerprint density at radius 1 is 1.09 bits per heavy atom. The molecule has 1 aliphatic heterocycles. The molecule has 0 radical (unpaired) electrons. The number of methoxy groups -OCH3 is 1. The largest absolute Gasteiger partial charge is 0.494 e. The maximum Gasteiger partial charge on any atom is 0.170 e. The van der Waals surface area contributed by atoms with E-state index in [-0.39, 0.29) is 22.8 Å². The molecule has 32 heavy (non-hydrogen) atoms. The minimum Gasteiger partial charge on any atom is -0.494 e. The highest BCUT2D eigenvalue weighted by Crippen LogP contribution is 2.27. The third-order valence-electron chi connectivity index (χ3n) is 5.19. The molecule has 3 aromatic rings. The van der Waals surface area contributed by atoms with E-state index in [1.54, 1.807) is 12.1 Å². The number of piperidine rings is 1. The van der Waals surface area contributed by atoms with Crippen LogP contribution in [0.3, 0.4) is 0 Å². The molecule has 1 aliphatic rings. The highest BCUT2D eigenvalue weighted by Gasteiger charge is 2.15. The van der Waals surface area contributed by atoms with Crippen molar-refractivity contribution < 1.29 is 18.3 Å². The summed E-state index contributed by atoms with van der Waals surface area (Å²) >= 11 is 0. The summed E-state index contributed by atoms with van der Waals surface area (Å²) < 4.78 is 34.3. The van der Waals surface area contributed by atoms with Gasteiger partial charge < -0.3 is 9.64 Å². The molecule has 166 valence electrons. The Balaban J connectivity index is 0.000000352. The summed E-state index contributed by atoms with van der Waals surface area (Å²) in [5.74, 6) is -0.970. The molecule has 0 unspecified atom stereocenters. The number of benzene rings is 2. The Hall–Kier alpha value is -3.57. The first-order valence-electron chi connectivity index (χ1n) is 10.2. The molecule has 1 aromatic heterocycles. The number of likely N-dealkylation sites (tertiary alicyclic amines) is 1. The number of carbonyl (C=O) groups is 1. The Kier molecular flexibility index (Phi) is 7.68. The molecule has 0 bridgehead atoms. The zero-order valence-corrected chi connectivity index (χ0v) is 18.0. The van der Waals surface area contributed by atoms with Crippen molar-refractivity contribution >= 4 is 6.29 Å². The second-order valence-corrected chi connectivity index (χ2v) is 7.47. The van der Waals surface area contributed by atoms with Gasteiger partial charge in [-0.2, -0.15) is 5.26 Å². The lowest BCUT2D eigenvalue weighted by Crippen LogP contribution is -2.24. The van der Waals surface area contributed by atoms with Gasteiger partial charge in [-0.3, -0.25) is 9.36 Å². The van der Waals surface area contributed by atoms with Gasteiger partial charge in [-0.05, 0) is 63.3 Å². The third kappa shape index (κ3) is 5.37. The van der Waals surface area contributed by atoms with Crippen molar-refractivity contribution in [3.8, 4) is 28.9 Å². The van der Waals surface area contributed by atoms with Gasteiger partial charge in [-0.15, -0.1) is 0 Å². The van der Waals surface area contributed by atoms with E-state index in [1.807, 2.05) is 0 Å². The van der Waals surface area contributed by atoms with Crippen LogP contribution in [-0.4, -0.2) is 48.0 Å². The molecule has 0 N–H and O–H groups in total.